The van der Waals surface area contributed by atoms with E-state index in [1.807, 2.05) is 0 Å². The second-order valence-electron chi connectivity index (χ2n) is 3.34. The molecule has 100 valence electrons. The minimum absolute atomic E-state index is 0. The number of benzene rings is 2. The van der Waals surface area contributed by atoms with Crippen LogP contribution in [0.25, 0.3) is 0 Å². The minimum Gasteiger partial charge on any atom is -0.504 e. The molecule has 0 heterocycles. The van der Waals surface area contributed by atoms with Crippen LogP contribution in [0.2, 0.25) is 0 Å². The van der Waals surface area contributed by atoms with Gasteiger partial charge in [0.1, 0.15) is 0 Å². The average Bonchev–Trinajstić information content (AvgIpc) is 2.41. The van der Waals surface area contributed by atoms with Crippen molar-refractivity contribution in [3.63, 3.8) is 0 Å². The molecule has 0 aromatic heterocycles. The third-order valence-corrected chi connectivity index (χ3v) is 2.17. The van der Waals surface area contributed by atoms with E-state index >= 15 is 0 Å². The SMILES string of the molecule is COc1ccccc1O.COc1ccccc1O.[Zr]. The van der Waals surface area contributed by atoms with Crippen molar-refractivity contribution in [2.75, 3.05) is 14.2 Å². The zero-order chi connectivity index (χ0) is 13.4. The van der Waals surface area contributed by atoms with Gasteiger partial charge >= 0.3 is 0 Å². The van der Waals surface area contributed by atoms with E-state index in [0.29, 0.717) is 11.5 Å². The van der Waals surface area contributed by atoms with Crippen molar-refractivity contribution in [3.8, 4) is 23.0 Å². The number of phenolic OH excluding ortho intramolecular Hbond substituents is 2. The Balaban J connectivity index is 0.000000324. The van der Waals surface area contributed by atoms with Gasteiger partial charge in [0.25, 0.3) is 0 Å². The number of ether oxygens (including phenoxy) is 2. The summed E-state index contributed by atoms with van der Waals surface area (Å²) in [5.41, 5.74) is 0. The molecule has 19 heavy (non-hydrogen) atoms. The van der Waals surface area contributed by atoms with Crippen LogP contribution in [0.4, 0.5) is 0 Å². The molecule has 0 unspecified atom stereocenters. The molecule has 0 spiro atoms. The quantitative estimate of drug-likeness (QED) is 0.883. The molecule has 5 heteroatoms. The fourth-order valence-electron chi connectivity index (χ4n) is 1.26. The summed E-state index contributed by atoms with van der Waals surface area (Å²) >= 11 is 0. The number of aromatic hydroxyl groups is 2. The number of phenols is 2. The van der Waals surface area contributed by atoms with Gasteiger partial charge in [0, 0.05) is 26.2 Å². The third kappa shape index (κ3) is 5.80. The fraction of sp³-hybridized carbons (Fsp3) is 0.143. The third-order valence-electron chi connectivity index (χ3n) is 2.17. The minimum atomic E-state index is 0. The Labute approximate surface area is 131 Å². The molecule has 0 aliphatic heterocycles. The van der Waals surface area contributed by atoms with Crippen molar-refractivity contribution < 1.29 is 45.9 Å². The Morgan fingerprint density at radius 3 is 1.21 bits per heavy atom. The molecule has 0 bridgehead atoms. The number of hydrogen-bond acceptors (Lipinski definition) is 4. The van der Waals surface area contributed by atoms with Crippen molar-refractivity contribution in [2.45, 2.75) is 0 Å². The van der Waals surface area contributed by atoms with E-state index in [-0.39, 0.29) is 37.7 Å². The summed E-state index contributed by atoms with van der Waals surface area (Å²) < 4.78 is 9.59. The first kappa shape index (κ1) is 17.5. The smallest absolute Gasteiger partial charge is 0.160 e. The molecule has 0 aliphatic carbocycles. The normalized spacial score (nSPS) is 8.53. The van der Waals surface area contributed by atoms with Gasteiger partial charge in [0.15, 0.2) is 23.0 Å². The molecule has 2 rings (SSSR count). The van der Waals surface area contributed by atoms with Crippen LogP contribution in [0, 0.1) is 0 Å². The summed E-state index contributed by atoms with van der Waals surface area (Å²) in [7, 11) is 3.05. The van der Waals surface area contributed by atoms with E-state index < -0.39 is 0 Å². The summed E-state index contributed by atoms with van der Waals surface area (Å²) in [6, 6.07) is 13.7. The standard InChI is InChI=1S/2C7H8O2.Zr/c2*1-9-7-5-3-2-4-6(7)8;/h2*2-5,8H,1H3;. The first-order chi connectivity index (χ1) is 8.69. The van der Waals surface area contributed by atoms with Gasteiger partial charge in [-0.1, -0.05) is 24.3 Å². The topological polar surface area (TPSA) is 58.9 Å². The van der Waals surface area contributed by atoms with Crippen LogP contribution in [0.15, 0.2) is 48.5 Å². The van der Waals surface area contributed by atoms with Crippen LogP contribution in [0.5, 0.6) is 23.0 Å². The van der Waals surface area contributed by atoms with Crippen LogP contribution in [-0.2, 0) is 26.2 Å². The van der Waals surface area contributed by atoms with Gasteiger partial charge in [-0.3, -0.25) is 0 Å². The van der Waals surface area contributed by atoms with Crippen molar-refractivity contribution in [3.05, 3.63) is 48.5 Å². The van der Waals surface area contributed by atoms with Crippen LogP contribution >= 0.6 is 0 Å². The van der Waals surface area contributed by atoms with Crippen molar-refractivity contribution in [1.29, 1.82) is 0 Å². The predicted molar refractivity (Wildman–Crippen MR) is 69.3 cm³/mol. The maximum absolute atomic E-state index is 8.99. The molecule has 2 aromatic rings. The molecule has 0 radical (unpaired) electrons. The predicted octanol–water partition coefficient (Wildman–Crippen LogP) is 2.80. The molecule has 0 aliphatic rings. The van der Waals surface area contributed by atoms with Gasteiger partial charge in [-0.2, -0.15) is 0 Å². The van der Waals surface area contributed by atoms with Crippen LogP contribution in [0.3, 0.4) is 0 Å². The molecule has 2 N–H and O–H groups in total. The van der Waals surface area contributed by atoms with Gasteiger partial charge in [-0.25, -0.2) is 0 Å². The number of methoxy groups -OCH3 is 2. The summed E-state index contributed by atoms with van der Waals surface area (Å²) in [6.45, 7) is 0. The fourth-order valence-corrected chi connectivity index (χ4v) is 1.26. The molecule has 0 saturated carbocycles. The second kappa shape index (κ2) is 9.45. The van der Waals surface area contributed by atoms with Gasteiger partial charge in [-0.15, -0.1) is 0 Å². The van der Waals surface area contributed by atoms with Crippen molar-refractivity contribution in [1.82, 2.24) is 0 Å². The van der Waals surface area contributed by atoms with Gasteiger partial charge in [0.05, 0.1) is 14.2 Å². The Bertz CT molecular complexity index is 443. The van der Waals surface area contributed by atoms with E-state index in [0.717, 1.165) is 0 Å². The summed E-state index contributed by atoms with van der Waals surface area (Å²) in [5, 5.41) is 18.0. The monoisotopic (exact) mass is 338 g/mol. The Morgan fingerprint density at radius 1 is 0.684 bits per heavy atom. The largest absolute Gasteiger partial charge is 0.504 e. The summed E-state index contributed by atoms with van der Waals surface area (Å²) in [6.07, 6.45) is 0. The Kier molecular flexibility index (Phi) is 8.72. The maximum Gasteiger partial charge on any atom is 0.160 e. The zero-order valence-corrected chi connectivity index (χ0v) is 13.3. The second-order valence-corrected chi connectivity index (χ2v) is 3.34. The molecule has 0 amide bonds. The van der Waals surface area contributed by atoms with Crippen molar-refractivity contribution >= 4 is 0 Å². The van der Waals surface area contributed by atoms with E-state index in [9.17, 15) is 0 Å². The maximum atomic E-state index is 8.99. The van der Waals surface area contributed by atoms with E-state index in [2.05, 4.69) is 0 Å². The molecular weight excluding hydrogens is 323 g/mol. The summed E-state index contributed by atoms with van der Waals surface area (Å²) in [5.74, 6) is 1.38. The first-order valence-electron chi connectivity index (χ1n) is 5.33. The molecule has 4 nitrogen and oxygen atoms in total. The first-order valence-corrected chi connectivity index (χ1v) is 5.33. The van der Waals surface area contributed by atoms with E-state index in [1.165, 1.54) is 14.2 Å². The molecule has 0 saturated heterocycles. The Morgan fingerprint density at radius 2 is 1.00 bits per heavy atom. The van der Waals surface area contributed by atoms with Crippen LogP contribution < -0.4 is 9.47 Å². The number of para-hydroxylation sites is 4. The van der Waals surface area contributed by atoms with Crippen LogP contribution in [0.1, 0.15) is 0 Å². The summed E-state index contributed by atoms with van der Waals surface area (Å²) in [4.78, 5) is 0. The molecule has 0 atom stereocenters. The molecular formula is C14H16O4Zr. The number of rotatable bonds is 2. The van der Waals surface area contributed by atoms with Gasteiger partial charge in [0.2, 0.25) is 0 Å². The zero-order valence-electron chi connectivity index (χ0n) is 10.8. The van der Waals surface area contributed by atoms with Crippen LogP contribution in [-0.4, -0.2) is 24.4 Å². The van der Waals surface area contributed by atoms with Gasteiger partial charge in [-0.05, 0) is 24.3 Å². The van der Waals surface area contributed by atoms with Crippen molar-refractivity contribution in [2.24, 2.45) is 0 Å². The number of hydrogen-bond donors (Lipinski definition) is 2. The Hall–Kier alpha value is -1.48. The van der Waals surface area contributed by atoms with E-state index in [4.69, 9.17) is 19.7 Å². The van der Waals surface area contributed by atoms with E-state index in [1.54, 1.807) is 48.5 Å². The average molecular weight is 340 g/mol. The molecule has 2 aromatic carbocycles. The molecule has 0 fully saturated rings. The van der Waals surface area contributed by atoms with Gasteiger partial charge < -0.3 is 19.7 Å².